The van der Waals surface area contributed by atoms with Gasteiger partial charge in [-0.15, -0.1) is 0 Å². The lowest BCUT2D eigenvalue weighted by atomic mass is 10.2. The molecule has 0 saturated heterocycles. The minimum atomic E-state index is -0.104. The van der Waals surface area contributed by atoms with Gasteiger partial charge in [-0.1, -0.05) is 19.4 Å². The Kier molecular flexibility index (Phi) is 5.19. The molecule has 0 aromatic carbocycles. The lowest BCUT2D eigenvalue weighted by Crippen LogP contribution is -2.18. The van der Waals surface area contributed by atoms with Gasteiger partial charge in [0.25, 0.3) is 0 Å². The van der Waals surface area contributed by atoms with E-state index in [0.29, 0.717) is 6.61 Å². The number of nitrogens with two attached hydrogens (primary N) is 1. The van der Waals surface area contributed by atoms with E-state index in [1.807, 2.05) is 18.2 Å². The van der Waals surface area contributed by atoms with Gasteiger partial charge in [-0.25, -0.2) is 0 Å². The van der Waals surface area contributed by atoms with Gasteiger partial charge in [-0.05, 0) is 18.6 Å². The topological polar surface area (TPSA) is 48.1 Å². The predicted octanol–water partition coefficient (Wildman–Crippen LogP) is 1.90. The molecule has 0 saturated carbocycles. The van der Waals surface area contributed by atoms with Gasteiger partial charge in [-0.2, -0.15) is 0 Å². The molecule has 1 aromatic heterocycles. The molecule has 0 aliphatic heterocycles. The second-order valence-electron chi connectivity index (χ2n) is 3.29. The van der Waals surface area contributed by atoms with Gasteiger partial charge in [0.15, 0.2) is 0 Å². The molecule has 3 nitrogen and oxygen atoms in total. The van der Waals surface area contributed by atoms with Crippen LogP contribution in [0.1, 0.15) is 31.5 Å². The fraction of sp³-hybridized carbons (Fsp3) is 0.545. The summed E-state index contributed by atoms with van der Waals surface area (Å²) in [7, 11) is 0. The van der Waals surface area contributed by atoms with E-state index in [0.717, 1.165) is 25.1 Å². The molecular formula is C11H18N2O. The number of pyridine rings is 1. The molecule has 14 heavy (non-hydrogen) atoms. The third-order valence-electron chi connectivity index (χ3n) is 2.01. The van der Waals surface area contributed by atoms with Crippen LogP contribution in [0.15, 0.2) is 24.4 Å². The summed E-state index contributed by atoms with van der Waals surface area (Å²) in [6.07, 6.45) is 4.00. The van der Waals surface area contributed by atoms with E-state index in [-0.39, 0.29) is 6.04 Å². The number of ether oxygens (including phenoxy) is 1. The lowest BCUT2D eigenvalue weighted by molar-refractivity contribution is 0.117. The van der Waals surface area contributed by atoms with Gasteiger partial charge >= 0.3 is 0 Å². The van der Waals surface area contributed by atoms with Crippen LogP contribution in [-0.4, -0.2) is 18.2 Å². The van der Waals surface area contributed by atoms with E-state index < -0.39 is 0 Å². The molecular weight excluding hydrogens is 176 g/mol. The Bertz CT molecular complexity index is 238. The van der Waals surface area contributed by atoms with Crippen molar-refractivity contribution in [2.24, 2.45) is 5.73 Å². The molecule has 1 aromatic rings. The maximum absolute atomic E-state index is 5.89. The average Bonchev–Trinajstić information content (AvgIpc) is 2.25. The zero-order chi connectivity index (χ0) is 10.2. The van der Waals surface area contributed by atoms with Crippen LogP contribution in [0.3, 0.4) is 0 Å². The zero-order valence-corrected chi connectivity index (χ0v) is 8.65. The monoisotopic (exact) mass is 194 g/mol. The predicted molar refractivity (Wildman–Crippen MR) is 56.9 cm³/mol. The van der Waals surface area contributed by atoms with E-state index in [1.165, 1.54) is 0 Å². The summed E-state index contributed by atoms with van der Waals surface area (Å²) in [4.78, 5) is 4.17. The fourth-order valence-electron chi connectivity index (χ4n) is 1.14. The molecule has 0 amide bonds. The molecule has 1 heterocycles. The molecule has 1 atom stereocenters. The Labute approximate surface area is 85.3 Å². The molecule has 3 heteroatoms. The highest BCUT2D eigenvalue weighted by molar-refractivity contribution is 5.07. The standard InChI is InChI=1S/C11H18N2O/c1-2-3-8-14-9-10(12)11-6-4-5-7-13-11/h4-7,10H,2-3,8-9,12H2,1H3. The van der Waals surface area contributed by atoms with E-state index in [1.54, 1.807) is 6.20 Å². The van der Waals surface area contributed by atoms with Crippen molar-refractivity contribution in [3.05, 3.63) is 30.1 Å². The van der Waals surface area contributed by atoms with Crippen LogP contribution in [0.4, 0.5) is 0 Å². The van der Waals surface area contributed by atoms with Crippen LogP contribution in [0.25, 0.3) is 0 Å². The van der Waals surface area contributed by atoms with Gasteiger partial charge in [0.1, 0.15) is 0 Å². The summed E-state index contributed by atoms with van der Waals surface area (Å²) in [6, 6.07) is 5.64. The molecule has 1 rings (SSSR count). The Balaban J connectivity index is 2.25. The van der Waals surface area contributed by atoms with Gasteiger partial charge in [-0.3, -0.25) is 4.98 Å². The first-order valence-electron chi connectivity index (χ1n) is 5.09. The summed E-state index contributed by atoms with van der Waals surface area (Å²) in [5, 5.41) is 0. The number of aromatic nitrogens is 1. The van der Waals surface area contributed by atoms with Crippen molar-refractivity contribution >= 4 is 0 Å². The van der Waals surface area contributed by atoms with Crippen molar-refractivity contribution in [3.8, 4) is 0 Å². The Morgan fingerprint density at radius 3 is 3.00 bits per heavy atom. The smallest absolute Gasteiger partial charge is 0.0707 e. The third kappa shape index (κ3) is 3.85. The van der Waals surface area contributed by atoms with Gasteiger partial charge < -0.3 is 10.5 Å². The van der Waals surface area contributed by atoms with Crippen molar-refractivity contribution in [1.29, 1.82) is 0 Å². The largest absolute Gasteiger partial charge is 0.379 e. The van der Waals surface area contributed by atoms with Crippen LogP contribution < -0.4 is 5.73 Å². The van der Waals surface area contributed by atoms with E-state index in [4.69, 9.17) is 10.5 Å². The van der Waals surface area contributed by atoms with Crippen LogP contribution in [0.2, 0.25) is 0 Å². The highest BCUT2D eigenvalue weighted by Gasteiger charge is 2.05. The second-order valence-corrected chi connectivity index (χ2v) is 3.29. The van der Waals surface area contributed by atoms with E-state index >= 15 is 0 Å². The molecule has 0 spiro atoms. The number of rotatable bonds is 6. The highest BCUT2D eigenvalue weighted by atomic mass is 16.5. The first-order chi connectivity index (χ1) is 6.84. The first kappa shape index (κ1) is 11.1. The van der Waals surface area contributed by atoms with E-state index in [2.05, 4.69) is 11.9 Å². The fourth-order valence-corrected chi connectivity index (χ4v) is 1.14. The van der Waals surface area contributed by atoms with Crippen LogP contribution in [-0.2, 0) is 4.74 Å². The molecule has 0 radical (unpaired) electrons. The SMILES string of the molecule is CCCCOCC(N)c1ccccn1. The highest BCUT2D eigenvalue weighted by Crippen LogP contribution is 2.06. The lowest BCUT2D eigenvalue weighted by Gasteiger charge is -2.10. The number of hydrogen-bond acceptors (Lipinski definition) is 3. The van der Waals surface area contributed by atoms with Crippen LogP contribution in [0, 0.1) is 0 Å². The molecule has 0 fully saturated rings. The van der Waals surface area contributed by atoms with Crippen molar-refractivity contribution < 1.29 is 4.74 Å². The maximum Gasteiger partial charge on any atom is 0.0707 e. The molecule has 0 aliphatic carbocycles. The van der Waals surface area contributed by atoms with Crippen molar-refractivity contribution in [2.75, 3.05) is 13.2 Å². The van der Waals surface area contributed by atoms with E-state index in [9.17, 15) is 0 Å². The summed E-state index contributed by atoms with van der Waals surface area (Å²) in [5.74, 6) is 0. The van der Waals surface area contributed by atoms with Gasteiger partial charge in [0.2, 0.25) is 0 Å². The average molecular weight is 194 g/mol. The Morgan fingerprint density at radius 1 is 1.50 bits per heavy atom. The van der Waals surface area contributed by atoms with Gasteiger partial charge in [0.05, 0.1) is 18.3 Å². The molecule has 2 N–H and O–H groups in total. The van der Waals surface area contributed by atoms with Crippen molar-refractivity contribution in [1.82, 2.24) is 4.98 Å². The maximum atomic E-state index is 5.89. The minimum absolute atomic E-state index is 0.104. The first-order valence-corrected chi connectivity index (χ1v) is 5.09. The second kappa shape index (κ2) is 6.51. The summed E-state index contributed by atoms with van der Waals surface area (Å²) < 4.78 is 5.43. The van der Waals surface area contributed by atoms with Gasteiger partial charge in [0, 0.05) is 12.8 Å². The van der Waals surface area contributed by atoms with Crippen molar-refractivity contribution in [2.45, 2.75) is 25.8 Å². The number of nitrogens with zero attached hydrogens (tertiary/aromatic N) is 1. The Morgan fingerprint density at radius 2 is 2.36 bits per heavy atom. The zero-order valence-electron chi connectivity index (χ0n) is 8.65. The number of hydrogen-bond donors (Lipinski definition) is 1. The minimum Gasteiger partial charge on any atom is -0.379 e. The van der Waals surface area contributed by atoms with Crippen LogP contribution >= 0.6 is 0 Å². The Hall–Kier alpha value is -0.930. The van der Waals surface area contributed by atoms with Crippen LogP contribution in [0.5, 0.6) is 0 Å². The summed E-state index contributed by atoms with van der Waals surface area (Å²) in [5.41, 5.74) is 6.78. The number of unbranched alkanes of at least 4 members (excludes halogenated alkanes) is 1. The molecule has 1 unspecified atom stereocenters. The molecule has 0 bridgehead atoms. The summed E-state index contributed by atoms with van der Waals surface area (Å²) >= 11 is 0. The molecule has 78 valence electrons. The molecule has 0 aliphatic rings. The third-order valence-corrected chi connectivity index (χ3v) is 2.01. The normalized spacial score (nSPS) is 12.7. The van der Waals surface area contributed by atoms with Crippen molar-refractivity contribution in [3.63, 3.8) is 0 Å². The summed E-state index contributed by atoms with van der Waals surface area (Å²) in [6.45, 7) is 3.48. The quantitative estimate of drug-likeness (QED) is 0.703.